The van der Waals surface area contributed by atoms with Gasteiger partial charge < -0.3 is 10.1 Å². The lowest BCUT2D eigenvalue weighted by Crippen LogP contribution is -2.23. The summed E-state index contributed by atoms with van der Waals surface area (Å²) in [5, 5.41) is 7.77. The molecular formula is C27H27N3O2. The Bertz CT molecular complexity index is 1180. The van der Waals surface area contributed by atoms with Crippen LogP contribution in [0.5, 0.6) is 11.6 Å². The normalized spacial score (nSPS) is 10.7. The summed E-state index contributed by atoms with van der Waals surface area (Å²) in [7, 11) is 0. The molecule has 0 bridgehead atoms. The van der Waals surface area contributed by atoms with E-state index in [0.29, 0.717) is 25.3 Å². The molecule has 0 radical (unpaired) electrons. The van der Waals surface area contributed by atoms with Gasteiger partial charge in [0.15, 0.2) is 0 Å². The molecule has 1 aromatic heterocycles. The largest absolute Gasteiger partial charge is 0.439 e. The summed E-state index contributed by atoms with van der Waals surface area (Å²) in [4.78, 5) is 12.5. The zero-order valence-electron chi connectivity index (χ0n) is 18.4. The number of carbonyl (C=O) groups is 1. The molecule has 0 atom stereocenters. The topological polar surface area (TPSA) is 56.2 Å². The number of amides is 1. The van der Waals surface area contributed by atoms with Crippen LogP contribution in [0.25, 0.3) is 5.69 Å². The molecule has 1 N–H and O–H groups in total. The van der Waals surface area contributed by atoms with Crippen molar-refractivity contribution in [2.75, 3.05) is 0 Å². The summed E-state index contributed by atoms with van der Waals surface area (Å²) in [5.41, 5.74) is 4.93. The summed E-state index contributed by atoms with van der Waals surface area (Å²) in [5.74, 6) is 1.39. The van der Waals surface area contributed by atoms with Crippen molar-refractivity contribution in [3.8, 4) is 17.3 Å². The van der Waals surface area contributed by atoms with Crippen molar-refractivity contribution in [3.05, 3.63) is 107 Å². The molecule has 0 saturated heterocycles. The predicted molar refractivity (Wildman–Crippen MR) is 126 cm³/mol. The Hall–Kier alpha value is -3.86. The van der Waals surface area contributed by atoms with Crippen molar-refractivity contribution in [2.45, 2.75) is 33.2 Å². The molecule has 0 aliphatic heterocycles. The molecule has 0 spiro atoms. The Kier molecular flexibility index (Phi) is 6.66. The highest BCUT2D eigenvalue weighted by molar-refractivity contribution is 5.76. The molecule has 5 heteroatoms. The van der Waals surface area contributed by atoms with Crippen molar-refractivity contribution >= 4 is 5.91 Å². The van der Waals surface area contributed by atoms with E-state index in [1.807, 2.05) is 90.5 Å². The first-order valence-corrected chi connectivity index (χ1v) is 10.8. The number of hydrogen-bond acceptors (Lipinski definition) is 3. The summed E-state index contributed by atoms with van der Waals surface area (Å²) >= 11 is 0. The number of rotatable bonds is 8. The minimum Gasteiger partial charge on any atom is -0.439 e. The molecule has 4 rings (SSSR count). The van der Waals surface area contributed by atoms with E-state index in [1.54, 1.807) is 0 Å². The van der Waals surface area contributed by atoms with Crippen molar-refractivity contribution in [3.63, 3.8) is 0 Å². The van der Waals surface area contributed by atoms with Gasteiger partial charge >= 0.3 is 0 Å². The van der Waals surface area contributed by atoms with E-state index in [2.05, 4.69) is 18.3 Å². The smallest absolute Gasteiger partial charge is 0.226 e. The molecule has 0 fully saturated rings. The maximum atomic E-state index is 12.5. The van der Waals surface area contributed by atoms with Gasteiger partial charge in [-0.05, 0) is 49.6 Å². The predicted octanol–water partition coefficient (Wildman–Crippen LogP) is 5.53. The third-order valence-electron chi connectivity index (χ3n) is 5.37. The van der Waals surface area contributed by atoms with Gasteiger partial charge in [-0.25, -0.2) is 0 Å². The van der Waals surface area contributed by atoms with E-state index in [0.717, 1.165) is 33.8 Å². The maximum absolute atomic E-state index is 12.5. The second kappa shape index (κ2) is 9.96. The third-order valence-corrected chi connectivity index (χ3v) is 5.37. The summed E-state index contributed by atoms with van der Waals surface area (Å²) in [6.07, 6.45) is 0.902. The van der Waals surface area contributed by atoms with Crippen LogP contribution in [0.2, 0.25) is 0 Å². The first kappa shape index (κ1) is 21.4. The molecule has 0 aliphatic rings. The molecule has 3 aromatic carbocycles. The van der Waals surface area contributed by atoms with Crippen molar-refractivity contribution in [1.82, 2.24) is 15.1 Å². The van der Waals surface area contributed by atoms with Crippen LogP contribution in [-0.2, 0) is 17.8 Å². The zero-order chi connectivity index (χ0) is 22.3. The molecular weight excluding hydrogens is 398 g/mol. The van der Waals surface area contributed by atoms with Crippen LogP contribution in [0.1, 0.15) is 28.8 Å². The first-order valence-electron chi connectivity index (χ1n) is 10.8. The molecule has 162 valence electrons. The van der Waals surface area contributed by atoms with Gasteiger partial charge in [0.05, 0.1) is 11.4 Å². The Morgan fingerprint density at radius 3 is 2.28 bits per heavy atom. The Morgan fingerprint density at radius 2 is 1.56 bits per heavy atom. The fourth-order valence-corrected chi connectivity index (χ4v) is 3.62. The quantitative estimate of drug-likeness (QED) is 0.404. The second-order valence-electron chi connectivity index (χ2n) is 7.74. The van der Waals surface area contributed by atoms with Gasteiger partial charge in [-0.15, -0.1) is 0 Å². The van der Waals surface area contributed by atoms with E-state index in [9.17, 15) is 4.79 Å². The number of nitrogens with zero attached hydrogens (tertiary/aromatic N) is 2. The maximum Gasteiger partial charge on any atom is 0.226 e. The standard InChI is InChI=1S/C27H27N3O2/c1-20-11-9-10-16-25(20)30-27(32-23-14-7-4-8-15-23)24(21(2)29-30)17-18-26(31)28-19-22-12-5-3-6-13-22/h3-16H,17-19H2,1-2H3,(H,28,31). The molecule has 1 amide bonds. The fraction of sp³-hybridized carbons (Fsp3) is 0.185. The Balaban J connectivity index is 1.56. The fourth-order valence-electron chi connectivity index (χ4n) is 3.62. The SMILES string of the molecule is Cc1ccccc1-n1nc(C)c(CCC(=O)NCc2ccccc2)c1Oc1ccccc1. The summed E-state index contributed by atoms with van der Waals surface area (Å²) < 4.78 is 8.14. The minimum atomic E-state index is 0.00237. The molecule has 0 unspecified atom stereocenters. The van der Waals surface area contributed by atoms with Crippen molar-refractivity contribution in [2.24, 2.45) is 0 Å². The lowest BCUT2D eigenvalue weighted by molar-refractivity contribution is -0.121. The van der Waals surface area contributed by atoms with Gasteiger partial charge in [0, 0.05) is 18.5 Å². The van der Waals surface area contributed by atoms with Gasteiger partial charge in [0.25, 0.3) is 0 Å². The van der Waals surface area contributed by atoms with E-state index in [1.165, 1.54) is 0 Å². The average Bonchev–Trinajstić information content (AvgIpc) is 3.12. The van der Waals surface area contributed by atoms with Crippen molar-refractivity contribution in [1.29, 1.82) is 0 Å². The molecule has 0 aliphatic carbocycles. The number of benzene rings is 3. The van der Waals surface area contributed by atoms with Crippen LogP contribution in [0.15, 0.2) is 84.9 Å². The number of ether oxygens (including phenoxy) is 1. The van der Waals surface area contributed by atoms with Crippen LogP contribution in [0, 0.1) is 13.8 Å². The molecule has 0 saturated carbocycles. The number of para-hydroxylation sites is 2. The van der Waals surface area contributed by atoms with Crippen molar-refractivity contribution < 1.29 is 9.53 Å². The Labute approximate surface area is 188 Å². The number of aryl methyl sites for hydroxylation is 2. The average molecular weight is 426 g/mol. The summed E-state index contributed by atoms with van der Waals surface area (Å²) in [6.45, 7) is 4.54. The highest BCUT2D eigenvalue weighted by Gasteiger charge is 2.20. The number of nitrogens with one attached hydrogen (secondary N) is 1. The minimum absolute atomic E-state index is 0.00237. The first-order chi connectivity index (χ1) is 15.6. The third kappa shape index (κ3) is 5.06. The van der Waals surface area contributed by atoms with Crippen LogP contribution in [-0.4, -0.2) is 15.7 Å². The highest BCUT2D eigenvalue weighted by atomic mass is 16.5. The lowest BCUT2D eigenvalue weighted by Gasteiger charge is -2.13. The van der Waals surface area contributed by atoms with E-state index < -0.39 is 0 Å². The van der Waals surface area contributed by atoms with Crippen LogP contribution >= 0.6 is 0 Å². The number of aromatic nitrogens is 2. The molecule has 4 aromatic rings. The molecule has 5 nitrogen and oxygen atoms in total. The highest BCUT2D eigenvalue weighted by Crippen LogP contribution is 2.32. The van der Waals surface area contributed by atoms with Crippen LogP contribution in [0.4, 0.5) is 0 Å². The van der Waals surface area contributed by atoms with Gasteiger partial charge in [-0.2, -0.15) is 9.78 Å². The monoisotopic (exact) mass is 425 g/mol. The van der Waals surface area contributed by atoms with E-state index in [4.69, 9.17) is 9.84 Å². The Morgan fingerprint density at radius 1 is 0.906 bits per heavy atom. The summed E-state index contributed by atoms with van der Waals surface area (Å²) in [6, 6.07) is 27.6. The van der Waals surface area contributed by atoms with Crippen LogP contribution < -0.4 is 10.1 Å². The van der Waals surface area contributed by atoms with Gasteiger partial charge in [-0.3, -0.25) is 4.79 Å². The van der Waals surface area contributed by atoms with Crippen LogP contribution in [0.3, 0.4) is 0 Å². The lowest BCUT2D eigenvalue weighted by atomic mass is 10.1. The number of hydrogen-bond donors (Lipinski definition) is 1. The zero-order valence-corrected chi connectivity index (χ0v) is 18.4. The number of carbonyl (C=O) groups excluding carboxylic acids is 1. The van der Waals surface area contributed by atoms with Gasteiger partial charge in [0.2, 0.25) is 11.8 Å². The second-order valence-corrected chi connectivity index (χ2v) is 7.74. The van der Waals surface area contributed by atoms with Gasteiger partial charge in [0.1, 0.15) is 5.75 Å². The van der Waals surface area contributed by atoms with E-state index >= 15 is 0 Å². The van der Waals surface area contributed by atoms with Gasteiger partial charge in [-0.1, -0.05) is 66.7 Å². The molecule has 32 heavy (non-hydrogen) atoms. The molecule has 1 heterocycles. The van der Waals surface area contributed by atoms with E-state index in [-0.39, 0.29) is 5.91 Å².